The van der Waals surface area contributed by atoms with E-state index in [0.717, 1.165) is 49.0 Å². The summed E-state index contributed by atoms with van der Waals surface area (Å²) in [6, 6.07) is 3.74. The summed E-state index contributed by atoms with van der Waals surface area (Å²) in [4.78, 5) is 20.5. The number of aromatic nitrogens is 2. The summed E-state index contributed by atoms with van der Waals surface area (Å²) in [5.74, 6) is -3.33. The number of halogens is 2. The molecule has 4 rings (SSSR count). The molecule has 3 aromatic rings. The molecule has 0 saturated carbocycles. The average molecular weight is 460 g/mol. The lowest BCUT2D eigenvalue weighted by atomic mass is 9.93. The minimum atomic E-state index is -3.94. The highest BCUT2D eigenvalue weighted by Crippen LogP contribution is 2.31. The summed E-state index contributed by atoms with van der Waals surface area (Å²) >= 11 is 0. The molecule has 0 atom stereocenters. The Morgan fingerprint density at radius 2 is 2.03 bits per heavy atom. The highest BCUT2D eigenvalue weighted by Gasteiger charge is 2.25. The van der Waals surface area contributed by atoms with Crippen LogP contribution in [0.4, 0.5) is 14.5 Å². The molecule has 2 N–H and O–H groups in total. The maximum absolute atomic E-state index is 15.1. The van der Waals surface area contributed by atoms with Crippen LogP contribution in [-0.2, 0) is 10.0 Å². The van der Waals surface area contributed by atoms with Gasteiger partial charge in [0.05, 0.1) is 11.3 Å². The monoisotopic (exact) mass is 459 g/mol. The zero-order chi connectivity index (χ0) is 22.9. The molecule has 2 heterocycles. The summed E-state index contributed by atoms with van der Waals surface area (Å²) in [7, 11) is -3.94. The molecule has 0 radical (unpaired) electrons. The van der Waals surface area contributed by atoms with Crippen molar-refractivity contribution >= 4 is 38.1 Å². The van der Waals surface area contributed by atoms with E-state index in [-0.39, 0.29) is 17.7 Å². The van der Waals surface area contributed by atoms with E-state index < -0.39 is 38.7 Å². The van der Waals surface area contributed by atoms with Gasteiger partial charge in [-0.15, -0.1) is 0 Å². The van der Waals surface area contributed by atoms with Crippen molar-refractivity contribution in [2.45, 2.75) is 39.0 Å². The standard InChI is InChI=1S/C23H23F2N3O3S/c1-2-10-32(30,31)28-21-19(24)9-8-16(20(21)25)22(29)18-13-27-23-17(18)11-15(12-26-23)14-6-4-3-5-7-14/h6,8-9,11-13,28H,2-5,7,10H2,1H3,(H,26,27). The second-order valence-corrected chi connectivity index (χ2v) is 9.67. The van der Waals surface area contributed by atoms with Gasteiger partial charge in [-0.25, -0.2) is 22.2 Å². The number of benzene rings is 1. The lowest BCUT2D eigenvalue weighted by Gasteiger charge is -2.13. The van der Waals surface area contributed by atoms with Crippen molar-refractivity contribution in [3.05, 3.63) is 65.0 Å². The largest absolute Gasteiger partial charge is 0.345 e. The van der Waals surface area contributed by atoms with Crippen LogP contribution < -0.4 is 4.72 Å². The van der Waals surface area contributed by atoms with Crippen molar-refractivity contribution in [3.8, 4) is 0 Å². The normalized spacial score (nSPS) is 14.4. The number of carbonyl (C=O) groups is 1. The van der Waals surface area contributed by atoms with Gasteiger partial charge in [0.15, 0.2) is 11.6 Å². The number of nitrogens with one attached hydrogen (secondary N) is 2. The van der Waals surface area contributed by atoms with E-state index in [1.165, 1.54) is 6.20 Å². The molecule has 0 fully saturated rings. The summed E-state index contributed by atoms with van der Waals surface area (Å²) in [6.45, 7) is 1.63. The fourth-order valence-electron chi connectivity index (χ4n) is 3.91. The van der Waals surface area contributed by atoms with Crippen LogP contribution in [0.1, 0.15) is 60.5 Å². The van der Waals surface area contributed by atoms with E-state index in [0.29, 0.717) is 11.0 Å². The number of hydrogen-bond donors (Lipinski definition) is 2. The highest BCUT2D eigenvalue weighted by molar-refractivity contribution is 7.92. The molecule has 168 valence electrons. The van der Waals surface area contributed by atoms with E-state index in [9.17, 15) is 17.6 Å². The van der Waals surface area contributed by atoms with E-state index >= 15 is 4.39 Å². The number of ketones is 1. The predicted molar refractivity (Wildman–Crippen MR) is 120 cm³/mol. The average Bonchev–Trinajstić information content (AvgIpc) is 3.20. The van der Waals surface area contributed by atoms with Gasteiger partial charge in [0.2, 0.25) is 10.0 Å². The van der Waals surface area contributed by atoms with Crippen molar-refractivity contribution in [2.75, 3.05) is 10.5 Å². The lowest BCUT2D eigenvalue weighted by Crippen LogP contribution is -2.19. The van der Waals surface area contributed by atoms with Gasteiger partial charge in [0, 0.05) is 23.3 Å². The molecule has 1 aliphatic rings. The lowest BCUT2D eigenvalue weighted by molar-refractivity contribution is 0.103. The number of sulfonamides is 1. The van der Waals surface area contributed by atoms with Gasteiger partial charge in [0.1, 0.15) is 17.2 Å². The van der Waals surface area contributed by atoms with Crippen LogP contribution in [0.15, 0.2) is 36.7 Å². The number of rotatable bonds is 7. The van der Waals surface area contributed by atoms with Gasteiger partial charge in [-0.3, -0.25) is 9.52 Å². The SMILES string of the molecule is CCCS(=O)(=O)Nc1c(F)ccc(C(=O)c2c[nH]c3ncc(C4=CCCCC4)cc23)c1F. The second-order valence-electron chi connectivity index (χ2n) is 7.83. The fraction of sp³-hybridized carbons (Fsp3) is 0.304. The van der Waals surface area contributed by atoms with Crippen molar-refractivity contribution in [1.82, 2.24) is 9.97 Å². The number of allylic oxidation sites excluding steroid dienone is 2. The Labute approximate surface area is 184 Å². The number of fused-ring (bicyclic) bond motifs is 1. The van der Waals surface area contributed by atoms with Gasteiger partial charge in [-0.05, 0) is 61.4 Å². The van der Waals surface area contributed by atoms with Crippen molar-refractivity contribution in [2.24, 2.45) is 0 Å². The molecule has 2 aromatic heterocycles. The molecule has 32 heavy (non-hydrogen) atoms. The first-order chi connectivity index (χ1) is 15.3. The molecule has 0 aliphatic heterocycles. The van der Waals surface area contributed by atoms with Crippen molar-refractivity contribution < 1.29 is 22.0 Å². The third-order valence-corrected chi connectivity index (χ3v) is 6.96. The van der Waals surface area contributed by atoms with E-state index in [1.807, 2.05) is 10.8 Å². The molecule has 9 heteroatoms. The summed E-state index contributed by atoms with van der Waals surface area (Å²) in [5, 5.41) is 0.524. The highest BCUT2D eigenvalue weighted by atomic mass is 32.2. The summed E-state index contributed by atoms with van der Waals surface area (Å²) < 4.78 is 55.3. The zero-order valence-corrected chi connectivity index (χ0v) is 18.4. The van der Waals surface area contributed by atoms with Crippen molar-refractivity contribution in [3.63, 3.8) is 0 Å². The first-order valence-corrected chi connectivity index (χ1v) is 12.2. The number of aromatic amines is 1. The smallest absolute Gasteiger partial charge is 0.232 e. The first-order valence-electron chi connectivity index (χ1n) is 10.5. The van der Waals surface area contributed by atoms with Crippen LogP contribution in [0.3, 0.4) is 0 Å². The third kappa shape index (κ3) is 4.29. The Hall–Kier alpha value is -3.07. The number of anilines is 1. The second kappa shape index (κ2) is 8.82. The topological polar surface area (TPSA) is 91.9 Å². The minimum absolute atomic E-state index is 0.179. The zero-order valence-electron chi connectivity index (χ0n) is 17.5. The maximum Gasteiger partial charge on any atom is 0.232 e. The maximum atomic E-state index is 15.1. The van der Waals surface area contributed by atoms with E-state index in [4.69, 9.17) is 0 Å². The van der Waals surface area contributed by atoms with Gasteiger partial charge in [0.25, 0.3) is 0 Å². The van der Waals surface area contributed by atoms with Crippen LogP contribution in [0.25, 0.3) is 16.6 Å². The molecule has 0 spiro atoms. The first kappa shape index (κ1) is 22.1. The van der Waals surface area contributed by atoms with Crippen molar-refractivity contribution in [1.29, 1.82) is 0 Å². The van der Waals surface area contributed by atoms with Crippen LogP contribution in [0.5, 0.6) is 0 Å². The molecular formula is C23H23F2N3O3S. The molecule has 0 saturated heterocycles. The number of pyridine rings is 1. The van der Waals surface area contributed by atoms with Crippen LogP contribution in [0, 0.1) is 11.6 Å². The molecule has 6 nitrogen and oxygen atoms in total. The Morgan fingerprint density at radius 3 is 2.75 bits per heavy atom. The molecular weight excluding hydrogens is 436 g/mol. The van der Waals surface area contributed by atoms with Crippen LogP contribution in [0.2, 0.25) is 0 Å². The summed E-state index contributed by atoms with van der Waals surface area (Å²) in [5.41, 5.74) is 1.43. The fourth-order valence-corrected chi connectivity index (χ4v) is 5.05. The Morgan fingerprint density at radius 1 is 1.22 bits per heavy atom. The quantitative estimate of drug-likeness (QED) is 0.476. The van der Waals surface area contributed by atoms with Gasteiger partial charge >= 0.3 is 0 Å². The van der Waals surface area contributed by atoms with Crippen LogP contribution >= 0.6 is 0 Å². The van der Waals surface area contributed by atoms with Crippen LogP contribution in [-0.4, -0.2) is 29.9 Å². The number of nitrogens with zero attached hydrogens (tertiary/aromatic N) is 1. The third-order valence-electron chi connectivity index (χ3n) is 5.50. The Kier molecular flexibility index (Phi) is 6.10. The Balaban J connectivity index is 1.75. The minimum Gasteiger partial charge on any atom is -0.345 e. The number of carbonyl (C=O) groups excluding carboxylic acids is 1. The molecule has 1 aromatic carbocycles. The van der Waals surface area contributed by atoms with E-state index in [1.54, 1.807) is 13.1 Å². The van der Waals surface area contributed by atoms with Gasteiger partial charge in [-0.2, -0.15) is 0 Å². The number of hydrogen-bond acceptors (Lipinski definition) is 4. The molecule has 1 aliphatic carbocycles. The van der Waals surface area contributed by atoms with Gasteiger partial charge in [-0.1, -0.05) is 13.0 Å². The van der Waals surface area contributed by atoms with E-state index in [2.05, 4.69) is 16.0 Å². The number of H-pyrrole nitrogens is 1. The summed E-state index contributed by atoms with van der Waals surface area (Å²) in [6.07, 6.45) is 9.75. The predicted octanol–water partition coefficient (Wildman–Crippen LogP) is 5.18. The Bertz CT molecular complexity index is 1330. The molecule has 0 unspecified atom stereocenters. The molecule has 0 bridgehead atoms. The molecule has 0 amide bonds. The van der Waals surface area contributed by atoms with Gasteiger partial charge < -0.3 is 4.98 Å².